The van der Waals surface area contributed by atoms with Gasteiger partial charge < -0.3 is 5.32 Å². The number of aromatic nitrogens is 1. The lowest BCUT2D eigenvalue weighted by Crippen LogP contribution is -2.27. The van der Waals surface area contributed by atoms with Gasteiger partial charge in [0.2, 0.25) is 0 Å². The van der Waals surface area contributed by atoms with Gasteiger partial charge >= 0.3 is 6.18 Å². The van der Waals surface area contributed by atoms with Crippen LogP contribution in [0.15, 0.2) is 48.7 Å². The van der Waals surface area contributed by atoms with Crippen molar-refractivity contribution in [1.82, 2.24) is 10.3 Å². The van der Waals surface area contributed by atoms with E-state index in [0.717, 1.165) is 24.3 Å². The van der Waals surface area contributed by atoms with E-state index in [1.165, 1.54) is 0 Å². The number of hydrogen-bond acceptors (Lipinski definition) is 2. The van der Waals surface area contributed by atoms with Gasteiger partial charge in [-0.25, -0.2) is 0 Å². The Morgan fingerprint density at radius 1 is 1.14 bits per heavy atom. The summed E-state index contributed by atoms with van der Waals surface area (Å²) in [6, 6.07) is 9.07. The predicted octanol–water partition coefficient (Wildman–Crippen LogP) is 3.59. The van der Waals surface area contributed by atoms with Gasteiger partial charge in [-0.15, -0.1) is 0 Å². The Balaban J connectivity index is 2.07. The highest BCUT2D eigenvalue weighted by molar-refractivity contribution is 5.94. The van der Waals surface area contributed by atoms with Gasteiger partial charge in [0.25, 0.3) is 5.91 Å². The second kappa shape index (κ2) is 5.95. The topological polar surface area (TPSA) is 42.0 Å². The standard InChI is InChI=1S/C15H13F3N2O/c1-10(13-4-2-3-9-19-13)20-14(21)11-5-7-12(8-6-11)15(16,17)18/h2-10H,1H3,(H,20,21)/t10-/m1/s1. The van der Waals surface area contributed by atoms with Crippen LogP contribution in [0.3, 0.4) is 0 Å². The molecule has 1 atom stereocenters. The summed E-state index contributed by atoms with van der Waals surface area (Å²) in [7, 11) is 0. The number of nitrogens with zero attached hydrogens (tertiary/aromatic N) is 1. The van der Waals surface area contributed by atoms with Gasteiger partial charge in [-0.1, -0.05) is 6.07 Å². The smallest absolute Gasteiger partial charge is 0.344 e. The molecule has 3 nitrogen and oxygen atoms in total. The SMILES string of the molecule is C[C@@H](NC(=O)c1ccc(C(F)(F)F)cc1)c1ccccn1. The molecule has 0 fully saturated rings. The van der Waals surface area contributed by atoms with Crippen LogP contribution in [0, 0.1) is 0 Å². The average molecular weight is 294 g/mol. The van der Waals surface area contributed by atoms with Crippen LogP contribution in [0.1, 0.15) is 34.6 Å². The van der Waals surface area contributed by atoms with E-state index >= 15 is 0 Å². The van der Waals surface area contributed by atoms with Crippen LogP contribution in [0.2, 0.25) is 0 Å². The second-order valence-electron chi connectivity index (χ2n) is 4.52. The van der Waals surface area contributed by atoms with Crippen molar-refractivity contribution in [2.45, 2.75) is 19.1 Å². The first-order valence-corrected chi connectivity index (χ1v) is 6.27. The number of nitrogens with one attached hydrogen (secondary N) is 1. The van der Waals surface area contributed by atoms with Crippen LogP contribution >= 0.6 is 0 Å². The summed E-state index contributed by atoms with van der Waals surface area (Å²) < 4.78 is 37.3. The molecule has 1 aromatic carbocycles. The number of alkyl halides is 3. The number of rotatable bonds is 3. The molecule has 2 rings (SSSR count). The lowest BCUT2D eigenvalue weighted by Gasteiger charge is -2.13. The highest BCUT2D eigenvalue weighted by Crippen LogP contribution is 2.29. The third-order valence-electron chi connectivity index (χ3n) is 2.95. The molecule has 0 aliphatic rings. The first-order chi connectivity index (χ1) is 9.88. The van der Waals surface area contributed by atoms with Crippen molar-refractivity contribution in [3.63, 3.8) is 0 Å². The molecular weight excluding hydrogens is 281 g/mol. The number of carbonyl (C=O) groups excluding carboxylic acids is 1. The number of halogens is 3. The van der Waals surface area contributed by atoms with Gasteiger partial charge in [0.1, 0.15) is 0 Å². The van der Waals surface area contributed by atoms with Gasteiger partial charge in [0.15, 0.2) is 0 Å². The normalized spacial score (nSPS) is 12.8. The van der Waals surface area contributed by atoms with Crippen molar-refractivity contribution in [2.75, 3.05) is 0 Å². The summed E-state index contributed by atoms with van der Waals surface area (Å²) in [6.45, 7) is 1.75. The fraction of sp³-hybridized carbons (Fsp3) is 0.200. The van der Waals surface area contributed by atoms with Crippen molar-refractivity contribution < 1.29 is 18.0 Å². The molecule has 21 heavy (non-hydrogen) atoms. The predicted molar refractivity (Wildman–Crippen MR) is 71.6 cm³/mol. The Kier molecular flexibility index (Phi) is 4.26. The highest BCUT2D eigenvalue weighted by Gasteiger charge is 2.30. The van der Waals surface area contributed by atoms with Gasteiger partial charge in [-0.05, 0) is 43.3 Å². The van der Waals surface area contributed by atoms with Gasteiger partial charge in [-0.2, -0.15) is 13.2 Å². The maximum absolute atomic E-state index is 12.4. The Morgan fingerprint density at radius 3 is 2.33 bits per heavy atom. The average Bonchev–Trinajstić information content (AvgIpc) is 2.47. The third-order valence-corrected chi connectivity index (χ3v) is 2.95. The summed E-state index contributed by atoms with van der Waals surface area (Å²) in [5.74, 6) is -0.443. The number of benzene rings is 1. The number of carbonyl (C=O) groups is 1. The van der Waals surface area contributed by atoms with E-state index in [2.05, 4.69) is 10.3 Å². The van der Waals surface area contributed by atoms with Gasteiger partial charge in [-0.3, -0.25) is 9.78 Å². The molecule has 1 heterocycles. The molecule has 110 valence electrons. The quantitative estimate of drug-likeness (QED) is 0.940. The van der Waals surface area contributed by atoms with Crippen molar-refractivity contribution in [2.24, 2.45) is 0 Å². The minimum absolute atomic E-state index is 0.172. The number of amides is 1. The third kappa shape index (κ3) is 3.81. The van der Waals surface area contributed by atoms with Gasteiger partial charge in [0, 0.05) is 11.8 Å². The monoisotopic (exact) mass is 294 g/mol. The summed E-state index contributed by atoms with van der Waals surface area (Å²) in [4.78, 5) is 16.1. The fourth-order valence-electron chi connectivity index (χ4n) is 1.80. The zero-order chi connectivity index (χ0) is 15.5. The van der Waals surface area contributed by atoms with Gasteiger partial charge in [0.05, 0.1) is 17.3 Å². The van der Waals surface area contributed by atoms with Crippen LogP contribution in [0.5, 0.6) is 0 Å². The highest BCUT2D eigenvalue weighted by atomic mass is 19.4. The molecule has 0 aliphatic carbocycles. The summed E-state index contributed by atoms with van der Waals surface area (Å²) in [5, 5.41) is 2.69. The summed E-state index contributed by atoms with van der Waals surface area (Å²) in [6.07, 6.45) is -2.80. The molecule has 0 aliphatic heterocycles. The summed E-state index contributed by atoms with van der Waals surface area (Å²) in [5.41, 5.74) is 0.0698. The second-order valence-corrected chi connectivity index (χ2v) is 4.52. The van der Waals surface area contributed by atoms with Crippen molar-refractivity contribution in [1.29, 1.82) is 0 Å². The van der Waals surface area contributed by atoms with E-state index in [0.29, 0.717) is 5.69 Å². The molecule has 0 saturated carbocycles. The van der Waals surface area contributed by atoms with E-state index in [1.54, 1.807) is 31.3 Å². The lowest BCUT2D eigenvalue weighted by atomic mass is 10.1. The molecule has 0 bridgehead atoms. The molecule has 6 heteroatoms. The molecular formula is C15H13F3N2O. The Morgan fingerprint density at radius 2 is 1.81 bits per heavy atom. The van der Waals surface area contributed by atoms with E-state index in [9.17, 15) is 18.0 Å². The molecule has 2 aromatic rings. The molecule has 0 radical (unpaired) electrons. The lowest BCUT2D eigenvalue weighted by molar-refractivity contribution is -0.137. The molecule has 0 saturated heterocycles. The minimum atomic E-state index is -4.41. The van der Waals surface area contributed by atoms with E-state index in [1.807, 2.05) is 0 Å². The van der Waals surface area contributed by atoms with Crippen LogP contribution in [-0.4, -0.2) is 10.9 Å². The zero-order valence-corrected chi connectivity index (χ0v) is 11.2. The first-order valence-electron chi connectivity index (χ1n) is 6.27. The maximum atomic E-state index is 12.4. The number of hydrogen-bond donors (Lipinski definition) is 1. The van der Waals surface area contributed by atoms with Crippen LogP contribution < -0.4 is 5.32 Å². The van der Waals surface area contributed by atoms with Crippen molar-refractivity contribution in [3.05, 3.63) is 65.5 Å². The summed E-state index contributed by atoms with van der Waals surface area (Å²) >= 11 is 0. The molecule has 0 unspecified atom stereocenters. The molecule has 0 spiro atoms. The Bertz CT molecular complexity index is 609. The fourth-order valence-corrected chi connectivity index (χ4v) is 1.80. The molecule has 1 amide bonds. The molecule has 1 aromatic heterocycles. The molecule has 1 N–H and O–H groups in total. The Hall–Kier alpha value is -2.37. The number of pyridine rings is 1. The Labute approximate surface area is 119 Å². The van der Waals surface area contributed by atoms with Crippen LogP contribution in [-0.2, 0) is 6.18 Å². The van der Waals surface area contributed by atoms with E-state index < -0.39 is 17.6 Å². The zero-order valence-electron chi connectivity index (χ0n) is 11.2. The van der Waals surface area contributed by atoms with Crippen LogP contribution in [0.25, 0.3) is 0 Å². The van der Waals surface area contributed by atoms with Crippen molar-refractivity contribution >= 4 is 5.91 Å². The largest absolute Gasteiger partial charge is 0.416 e. The van der Waals surface area contributed by atoms with E-state index in [-0.39, 0.29) is 11.6 Å². The first kappa shape index (κ1) is 15.0. The van der Waals surface area contributed by atoms with E-state index in [4.69, 9.17) is 0 Å². The minimum Gasteiger partial charge on any atom is -0.344 e. The van der Waals surface area contributed by atoms with Crippen LogP contribution in [0.4, 0.5) is 13.2 Å². The van der Waals surface area contributed by atoms with Crippen molar-refractivity contribution in [3.8, 4) is 0 Å². The maximum Gasteiger partial charge on any atom is 0.416 e.